The molecule has 0 spiro atoms. The summed E-state index contributed by atoms with van der Waals surface area (Å²) in [7, 11) is -4.04. The number of nitrogens with one attached hydrogen (secondary N) is 2. The summed E-state index contributed by atoms with van der Waals surface area (Å²) in [5, 5.41) is 8.04. The second-order valence-corrected chi connectivity index (χ2v) is 8.25. The minimum Gasteiger partial charge on any atom is -0.477 e. The minimum absolute atomic E-state index is 0.309. The van der Waals surface area contributed by atoms with E-state index in [1.54, 1.807) is 24.3 Å². The fraction of sp³-hybridized carbons (Fsp3) is 0.143. The van der Waals surface area contributed by atoms with Crippen LogP contribution in [-0.4, -0.2) is 30.2 Å². The van der Waals surface area contributed by atoms with Crippen molar-refractivity contribution in [3.8, 4) is 17.1 Å². The number of H-pyrrole nitrogens is 1. The number of nitrogens with zero attached hydrogens (tertiary/aromatic N) is 2. The number of hydrogen-bond acceptors (Lipinski definition) is 5. The molecule has 2 aromatic carbocycles. The van der Waals surface area contributed by atoms with Crippen molar-refractivity contribution in [2.45, 2.75) is 18.7 Å². The van der Waals surface area contributed by atoms with Crippen molar-refractivity contribution in [2.24, 2.45) is 0 Å². The van der Waals surface area contributed by atoms with Gasteiger partial charge >= 0.3 is 0 Å². The van der Waals surface area contributed by atoms with Crippen LogP contribution < -0.4 is 9.46 Å². The van der Waals surface area contributed by atoms with Crippen molar-refractivity contribution in [1.82, 2.24) is 15.2 Å². The Labute approximate surface area is 173 Å². The molecule has 0 atom stereocenters. The Morgan fingerprint density at radius 2 is 1.87 bits per heavy atom. The van der Waals surface area contributed by atoms with E-state index in [0.29, 0.717) is 23.9 Å². The van der Waals surface area contributed by atoms with Crippen LogP contribution in [0.2, 0.25) is 0 Å². The van der Waals surface area contributed by atoms with Crippen molar-refractivity contribution in [3.63, 3.8) is 0 Å². The van der Waals surface area contributed by atoms with E-state index in [1.807, 2.05) is 19.9 Å². The average Bonchev–Trinajstić information content (AvgIpc) is 3.10. The van der Waals surface area contributed by atoms with E-state index in [4.69, 9.17) is 4.74 Å². The normalized spacial score (nSPS) is 11.6. The van der Waals surface area contributed by atoms with Crippen molar-refractivity contribution in [3.05, 3.63) is 66.1 Å². The summed E-state index contributed by atoms with van der Waals surface area (Å²) in [5.74, 6) is -0.322. The van der Waals surface area contributed by atoms with Gasteiger partial charge in [-0.1, -0.05) is 24.3 Å². The maximum absolute atomic E-state index is 13.9. The predicted molar refractivity (Wildman–Crippen MR) is 112 cm³/mol. The van der Waals surface area contributed by atoms with Crippen molar-refractivity contribution < 1.29 is 17.5 Å². The van der Waals surface area contributed by atoms with Gasteiger partial charge in [0.25, 0.3) is 10.0 Å². The van der Waals surface area contributed by atoms with Crippen molar-refractivity contribution >= 4 is 26.6 Å². The highest BCUT2D eigenvalue weighted by Crippen LogP contribution is 2.31. The molecule has 9 heteroatoms. The van der Waals surface area contributed by atoms with E-state index in [-0.39, 0.29) is 0 Å². The van der Waals surface area contributed by atoms with E-state index in [9.17, 15) is 12.8 Å². The molecule has 2 heterocycles. The Hall–Kier alpha value is -3.46. The smallest absolute Gasteiger partial charge is 0.264 e. The predicted octanol–water partition coefficient (Wildman–Crippen LogP) is 4.27. The van der Waals surface area contributed by atoms with Gasteiger partial charge < -0.3 is 4.74 Å². The highest BCUT2D eigenvalue weighted by molar-refractivity contribution is 7.92. The number of hydrogen-bond donors (Lipinski definition) is 2. The molecule has 0 aliphatic rings. The molecule has 7 nitrogen and oxygen atoms in total. The highest BCUT2D eigenvalue weighted by atomic mass is 32.2. The second kappa shape index (κ2) is 7.75. The monoisotopic (exact) mass is 426 g/mol. The summed E-state index contributed by atoms with van der Waals surface area (Å²) in [6.07, 6.45) is 0. The number of pyridine rings is 1. The van der Waals surface area contributed by atoms with E-state index >= 15 is 0 Å². The standard InChI is InChI=1S/C21H19FN4O3S/c1-3-29-21-20-13(2)24-25-18(20)12-17(23-21)14-8-10-15(11-9-14)26-30(27,28)19-7-5-4-6-16(19)22/h4-12,26H,3H2,1-2H3,(H,24,25). The van der Waals surface area contributed by atoms with Crippen LogP contribution in [0.3, 0.4) is 0 Å². The Balaban J connectivity index is 1.65. The fourth-order valence-corrected chi connectivity index (χ4v) is 4.26. The molecular formula is C21H19FN4O3S. The summed E-state index contributed by atoms with van der Waals surface area (Å²) in [5.41, 5.74) is 3.30. The zero-order valence-corrected chi connectivity index (χ0v) is 17.1. The van der Waals surface area contributed by atoms with Crippen molar-refractivity contribution in [2.75, 3.05) is 11.3 Å². The molecule has 4 rings (SSSR count). The molecule has 154 valence electrons. The number of benzene rings is 2. The molecule has 0 saturated heterocycles. The van der Waals surface area contributed by atoms with E-state index in [0.717, 1.165) is 28.2 Å². The third-order valence-corrected chi connectivity index (χ3v) is 5.94. The lowest BCUT2D eigenvalue weighted by molar-refractivity contribution is 0.331. The van der Waals surface area contributed by atoms with Gasteiger partial charge in [0.1, 0.15) is 10.7 Å². The number of ether oxygens (including phenoxy) is 1. The molecule has 0 unspecified atom stereocenters. The van der Waals surface area contributed by atoms with Gasteiger partial charge in [-0.2, -0.15) is 5.10 Å². The zero-order valence-electron chi connectivity index (χ0n) is 16.3. The summed E-state index contributed by atoms with van der Waals surface area (Å²) in [6.45, 7) is 4.24. The van der Waals surface area contributed by atoms with Gasteiger partial charge in [0, 0.05) is 16.9 Å². The maximum atomic E-state index is 13.9. The number of anilines is 1. The van der Waals surface area contributed by atoms with E-state index < -0.39 is 20.7 Å². The van der Waals surface area contributed by atoms with Crippen molar-refractivity contribution in [1.29, 1.82) is 0 Å². The topological polar surface area (TPSA) is 97.0 Å². The number of rotatable bonds is 6. The van der Waals surface area contributed by atoms with E-state index in [2.05, 4.69) is 19.9 Å². The van der Waals surface area contributed by atoms with Gasteiger partial charge in [-0.3, -0.25) is 9.82 Å². The molecule has 0 bridgehead atoms. The van der Waals surface area contributed by atoms with Gasteiger partial charge in [0.2, 0.25) is 5.88 Å². The molecule has 0 saturated carbocycles. The largest absolute Gasteiger partial charge is 0.477 e. The summed E-state index contributed by atoms with van der Waals surface area (Å²) < 4.78 is 46.8. The Morgan fingerprint density at radius 1 is 1.13 bits per heavy atom. The molecule has 0 aliphatic heterocycles. The van der Waals surface area contributed by atoms with Gasteiger partial charge in [-0.05, 0) is 44.2 Å². The third-order valence-electron chi connectivity index (χ3n) is 4.52. The summed E-state index contributed by atoms with van der Waals surface area (Å²) in [6, 6.07) is 13.7. The zero-order chi connectivity index (χ0) is 21.3. The lowest BCUT2D eigenvalue weighted by Gasteiger charge is -2.10. The van der Waals surface area contributed by atoms with Crippen LogP contribution in [0.5, 0.6) is 5.88 Å². The number of aromatic amines is 1. The molecule has 2 aromatic heterocycles. The number of aryl methyl sites for hydroxylation is 1. The van der Waals surface area contributed by atoms with Crippen LogP contribution in [0.1, 0.15) is 12.6 Å². The number of halogens is 1. The first-order valence-electron chi connectivity index (χ1n) is 9.25. The van der Waals surface area contributed by atoms with Crippen LogP contribution >= 0.6 is 0 Å². The van der Waals surface area contributed by atoms with Gasteiger partial charge in [0.05, 0.1) is 23.2 Å². The number of fused-ring (bicyclic) bond motifs is 1. The number of sulfonamides is 1. The number of aromatic nitrogens is 3. The van der Waals surface area contributed by atoms with Crippen LogP contribution in [0, 0.1) is 12.7 Å². The molecule has 0 radical (unpaired) electrons. The first-order chi connectivity index (χ1) is 14.4. The lowest BCUT2D eigenvalue weighted by atomic mass is 10.1. The van der Waals surface area contributed by atoms with Crippen LogP contribution in [0.25, 0.3) is 22.2 Å². The highest BCUT2D eigenvalue weighted by Gasteiger charge is 2.19. The maximum Gasteiger partial charge on any atom is 0.264 e. The quantitative estimate of drug-likeness (QED) is 0.480. The average molecular weight is 426 g/mol. The molecule has 2 N–H and O–H groups in total. The second-order valence-electron chi connectivity index (χ2n) is 6.60. The molecule has 30 heavy (non-hydrogen) atoms. The first-order valence-corrected chi connectivity index (χ1v) is 10.7. The SMILES string of the molecule is CCOc1nc(-c2ccc(NS(=O)(=O)c3ccccc3F)cc2)cc2n[nH]c(C)c12. The molecule has 0 aliphatic carbocycles. The van der Waals surface area contributed by atoms with Gasteiger partial charge in [-0.15, -0.1) is 0 Å². The molecule has 0 fully saturated rings. The molecular weight excluding hydrogens is 407 g/mol. The molecule has 4 aromatic rings. The Kier molecular flexibility index (Phi) is 5.13. The molecule has 0 amide bonds. The van der Waals surface area contributed by atoms with Crippen LogP contribution in [-0.2, 0) is 10.0 Å². The first kappa shape index (κ1) is 19.8. The van der Waals surface area contributed by atoms with Gasteiger partial charge in [-0.25, -0.2) is 17.8 Å². The van der Waals surface area contributed by atoms with Crippen LogP contribution in [0.15, 0.2) is 59.5 Å². The summed E-state index contributed by atoms with van der Waals surface area (Å²) >= 11 is 0. The Bertz CT molecular complexity index is 1320. The summed E-state index contributed by atoms with van der Waals surface area (Å²) in [4.78, 5) is 4.18. The lowest BCUT2D eigenvalue weighted by Crippen LogP contribution is -2.14. The third kappa shape index (κ3) is 3.71. The minimum atomic E-state index is -4.04. The van der Waals surface area contributed by atoms with E-state index in [1.165, 1.54) is 18.2 Å². The fourth-order valence-electron chi connectivity index (χ4n) is 3.12. The Morgan fingerprint density at radius 3 is 2.57 bits per heavy atom. The van der Waals surface area contributed by atoms with Crippen LogP contribution in [0.4, 0.5) is 10.1 Å². The van der Waals surface area contributed by atoms with Gasteiger partial charge in [0.15, 0.2) is 0 Å².